The Bertz CT molecular complexity index is 991. The Balaban J connectivity index is 1.57. The number of nitrogens with zero attached hydrogens (tertiary/aromatic N) is 1. The summed E-state index contributed by atoms with van der Waals surface area (Å²) in [4.78, 5) is 13.0. The molecule has 3 rings (SSSR count). The second-order valence-corrected chi connectivity index (χ2v) is 9.80. The number of aryl methyl sites for hydroxylation is 1. The lowest BCUT2D eigenvalue weighted by atomic mass is 9.98. The van der Waals surface area contributed by atoms with Crippen LogP contribution in [0.1, 0.15) is 25.3 Å². The molecule has 0 saturated carbocycles. The maximum atomic E-state index is 13.0. The normalized spacial score (nSPS) is 18.2. The molecule has 0 spiro atoms. The van der Waals surface area contributed by atoms with Gasteiger partial charge in [-0.2, -0.15) is 4.31 Å². The SMILES string of the molecule is COc1ccc(S(=O)(=O)N2CCC[C@@H](C(=O)N[C@H](C)COc3ccccc3C)C2)cc1. The van der Waals surface area contributed by atoms with Crippen molar-refractivity contribution in [2.75, 3.05) is 26.8 Å². The molecule has 0 aromatic heterocycles. The van der Waals surface area contributed by atoms with Crippen LogP contribution in [0.2, 0.25) is 0 Å². The molecule has 0 bridgehead atoms. The molecule has 7 nitrogen and oxygen atoms in total. The van der Waals surface area contributed by atoms with Gasteiger partial charge in [-0.3, -0.25) is 4.79 Å². The Morgan fingerprint density at radius 2 is 1.90 bits per heavy atom. The van der Waals surface area contributed by atoms with E-state index in [1.54, 1.807) is 12.1 Å². The van der Waals surface area contributed by atoms with Crippen molar-refractivity contribution in [3.8, 4) is 11.5 Å². The molecule has 1 aliphatic heterocycles. The van der Waals surface area contributed by atoms with Gasteiger partial charge in [-0.15, -0.1) is 0 Å². The lowest BCUT2D eigenvalue weighted by Gasteiger charge is -2.32. The summed E-state index contributed by atoms with van der Waals surface area (Å²) in [5.74, 6) is 0.855. The first kappa shape index (κ1) is 23.1. The van der Waals surface area contributed by atoms with Crippen LogP contribution in [0.4, 0.5) is 0 Å². The highest BCUT2D eigenvalue weighted by atomic mass is 32.2. The van der Waals surface area contributed by atoms with Crippen molar-refractivity contribution in [3.63, 3.8) is 0 Å². The molecule has 8 heteroatoms. The number of hydrogen-bond acceptors (Lipinski definition) is 5. The number of ether oxygens (including phenoxy) is 2. The minimum absolute atomic E-state index is 0.143. The van der Waals surface area contributed by atoms with Gasteiger partial charge >= 0.3 is 0 Å². The quantitative estimate of drug-likeness (QED) is 0.674. The van der Waals surface area contributed by atoms with E-state index in [1.165, 1.54) is 23.5 Å². The predicted octanol–water partition coefficient (Wildman–Crippen LogP) is 2.99. The zero-order valence-electron chi connectivity index (χ0n) is 18.2. The van der Waals surface area contributed by atoms with Gasteiger partial charge < -0.3 is 14.8 Å². The molecular weight excluding hydrogens is 416 g/mol. The van der Waals surface area contributed by atoms with Crippen molar-refractivity contribution >= 4 is 15.9 Å². The Labute approximate surface area is 184 Å². The summed E-state index contributed by atoms with van der Waals surface area (Å²) < 4.78 is 38.3. The van der Waals surface area contributed by atoms with E-state index in [0.29, 0.717) is 31.7 Å². The molecule has 1 saturated heterocycles. The third kappa shape index (κ3) is 5.77. The van der Waals surface area contributed by atoms with Crippen molar-refractivity contribution in [2.45, 2.75) is 37.6 Å². The van der Waals surface area contributed by atoms with Crippen LogP contribution in [0.3, 0.4) is 0 Å². The van der Waals surface area contributed by atoms with Crippen LogP contribution in [0.5, 0.6) is 11.5 Å². The van der Waals surface area contributed by atoms with Crippen LogP contribution in [-0.2, 0) is 14.8 Å². The maximum Gasteiger partial charge on any atom is 0.243 e. The van der Waals surface area contributed by atoms with Gasteiger partial charge in [-0.25, -0.2) is 8.42 Å². The minimum Gasteiger partial charge on any atom is -0.497 e. The molecule has 2 aromatic carbocycles. The number of rotatable bonds is 8. The highest BCUT2D eigenvalue weighted by molar-refractivity contribution is 7.89. The molecule has 1 fully saturated rings. The highest BCUT2D eigenvalue weighted by Gasteiger charge is 2.33. The van der Waals surface area contributed by atoms with Crippen molar-refractivity contribution in [1.29, 1.82) is 0 Å². The van der Waals surface area contributed by atoms with E-state index in [1.807, 2.05) is 38.1 Å². The van der Waals surface area contributed by atoms with Crippen molar-refractivity contribution in [3.05, 3.63) is 54.1 Å². The monoisotopic (exact) mass is 446 g/mol. The van der Waals surface area contributed by atoms with Crippen molar-refractivity contribution in [2.24, 2.45) is 5.92 Å². The van der Waals surface area contributed by atoms with E-state index in [-0.39, 0.29) is 29.3 Å². The largest absolute Gasteiger partial charge is 0.497 e. The minimum atomic E-state index is -3.66. The zero-order chi connectivity index (χ0) is 22.4. The number of carbonyl (C=O) groups excluding carboxylic acids is 1. The number of hydrogen-bond donors (Lipinski definition) is 1. The van der Waals surface area contributed by atoms with E-state index >= 15 is 0 Å². The number of amides is 1. The third-order valence-electron chi connectivity index (χ3n) is 5.42. The molecule has 31 heavy (non-hydrogen) atoms. The van der Waals surface area contributed by atoms with E-state index < -0.39 is 10.0 Å². The second kappa shape index (κ2) is 10.2. The van der Waals surface area contributed by atoms with Crippen LogP contribution in [0, 0.1) is 12.8 Å². The number of para-hydroxylation sites is 1. The number of sulfonamides is 1. The Hall–Kier alpha value is -2.58. The predicted molar refractivity (Wildman–Crippen MR) is 119 cm³/mol. The molecule has 2 atom stereocenters. The molecule has 1 aliphatic rings. The third-order valence-corrected chi connectivity index (χ3v) is 7.30. The van der Waals surface area contributed by atoms with Crippen LogP contribution in [0.25, 0.3) is 0 Å². The summed E-state index contributed by atoms with van der Waals surface area (Å²) in [6.07, 6.45) is 1.30. The van der Waals surface area contributed by atoms with Gasteiger partial charge in [0, 0.05) is 13.1 Å². The van der Waals surface area contributed by atoms with Gasteiger partial charge in [0.15, 0.2) is 0 Å². The fraction of sp³-hybridized carbons (Fsp3) is 0.435. The summed E-state index contributed by atoms with van der Waals surface area (Å²) in [6.45, 7) is 4.77. The van der Waals surface area contributed by atoms with Gasteiger partial charge in [0.1, 0.15) is 18.1 Å². The van der Waals surface area contributed by atoms with Crippen molar-refractivity contribution < 1.29 is 22.7 Å². The van der Waals surface area contributed by atoms with Crippen LogP contribution in [0.15, 0.2) is 53.4 Å². The van der Waals surface area contributed by atoms with Gasteiger partial charge in [0.25, 0.3) is 0 Å². The molecule has 1 amide bonds. The average molecular weight is 447 g/mol. The molecule has 168 valence electrons. The number of methoxy groups -OCH3 is 1. The van der Waals surface area contributed by atoms with Gasteiger partial charge in [0.2, 0.25) is 15.9 Å². The fourth-order valence-corrected chi connectivity index (χ4v) is 5.13. The standard InChI is InChI=1S/C23H30N2O5S/c1-17-7-4-5-9-22(17)30-16-18(2)24-23(26)19-8-6-14-25(15-19)31(27,28)21-12-10-20(29-3)11-13-21/h4-5,7,9-13,18-19H,6,8,14-16H2,1-3H3,(H,24,26)/t18-,19-/m1/s1. The van der Waals surface area contributed by atoms with E-state index in [4.69, 9.17) is 9.47 Å². The molecule has 1 heterocycles. The summed E-state index contributed by atoms with van der Waals surface area (Å²) in [5, 5.41) is 2.96. The first-order valence-corrected chi connectivity index (χ1v) is 11.9. The van der Waals surface area contributed by atoms with E-state index in [0.717, 1.165) is 11.3 Å². The van der Waals surface area contributed by atoms with Crippen molar-refractivity contribution in [1.82, 2.24) is 9.62 Å². The topological polar surface area (TPSA) is 84.9 Å². The number of piperidine rings is 1. The first-order valence-electron chi connectivity index (χ1n) is 10.4. The molecular formula is C23H30N2O5S. The van der Waals surface area contributed by atoms with Gasteiger partial charge in [-0.1, -0.05) is 18.2 Å². The van der Waals surface area contributed by atoms with Crippen LogP contribution in [-0.4, -0.2) is 51.5 Å². The first-order chi connectivity index (χ1) is 14.8. The molecule has 2 aromatic rings. The fourth-order valence-electron chi connectivity index (χ4n) is 3.61. The lowest BCUT2D eigenvalue weighted by Crippen LogP contribution is -2.48. The van der Waals surface area contributed by atoms with Gasteiger partial charge in [-0.05, 0) is 62.6 Å². The Morgan fingerprint density at radius 1 is 1.19 bits per heavy atom. The van der Waals surface area contributed by atoms with E-state index in [2.05, 4.69) is 5.32 Å². The summed E-state index contributed by atoms with van der Waals surface area (Å²) >= 11 is 0. The highest BCUT2D eigenvalue weighted by Crippen LogP contribution is 2.25. The number of nitrogens with one attached hydrogen (secondary N) is 1. The molecule has 0 aliphatic carbocycles. The summed E-state index contributed by atoms with van der Waals surface area (Å²) in [6, 6.07) is 13.8. The van der Waals surface area contributed by atoms with Crippen LogP contribution < -0.4 is 14.8 Å². The molecule has 1 N–H and O–H groups in total. The summed E-state index contributed by atoms with van der Waals surface area (Å²) in [5.41, 5.74) is 1.03. The smallest absolute Gasteiger partial charge is 0.243 e. The lowest BCUT2D eigenvalue weighted by molar-refractivity contribution is -0.126. The number of benzene rings is 2. The Morgan fingerprint density at radius 3 is 2.58 bits per heavy atom. The number of carbonyl (C=O) groups is 1. The van der Waals surface area contributed by atoms with Crippen LogP contribution >= 0.6 is 0 Å². The zero-order valence-corrected chi connectivity index (χ0v) is 19.0. The second-order valence-electron chi connectivity index (χ2n) is 7.86. The average Bonchev–Trinajstić information content (AvgIpc) is 2.78. The molecule has 0 radical (unpaired) electrons. The van der Waals surface area contributed by atoms with E-state index in [9.17, 15) is 13.2 Å². The molecule has 0 unspecified atom stereocenters. The maximum absolute atomic E-state index is 13.0. The van der Waals surface area contributed by atoms with Gasteiger partial charge in [0.05, 0.1) is 24.0 Å². The summed E-state index contributed by atoms with van der Waals surface area (Å²) in [7, 11) is -2.13. The Kier molecular flexibility index (Phi) is 7.56.